The van der Waals surface area contributed by atoms with Crippen molar-refractivity contribution >= 4 is 17.4 Å². The number of benzene rings is 2. The summed E-state index contributed by atoms with van der Waals surface area (Å²) < 4.78 is 10.5. The molecule has 5 nitrogen and oxygen atoms in total. The van der Waals surface area contributed by atoms with Crippen LogP contribution in [0.2, 0.25) is 0 Å². The van der Waals surface area contributed by atoms with Crippen LogP contribution in [0.15, 0.2) is 78.3 Å². The molecule has 2 aromatic rings. The van der Waals surface area contributed by atoms with E-state index in [1.807, 2.05) is 66.7 Å². The Morgan fingerprint density at radius 2 is 1.71 bits per heavy atom. The maximum Gasteiger partial charge on any atom is 0.354 e. The van der Waals surface area contributed by atoms with Gasteiger partial charge in [-0.2, -0.15) is 5.26 Å². The fourth-order valence-electron chi connectivity index (χ4n) is 2.33. The molecule has 0 saturated heterocycles. The van der Waals surface area contributed by atoms with Gasteiger partial charge in [-0.3, -0.25) is 4.90 Å². The largest absolute Gasteiger partial charge is 0.465 e. The Labute approximate surface area is 139 Å². The first kappa shape index (κ1) is 15.4. The highest BCUT2D eigenvalue weighted by Crippen LogP contribution is 2.35. The van der Waals surface area contributed by atoms with E-state index in [4.69, 9.17) is 9.47 Å². The molecule has 1 aliphatic heterocycles. The van der Waals surface area contributed by atoms with E-state index in [9.17, 15) is 10.1 Å². The van der Waals surface area contributed by atoms with Gasteiger partial charge in [0.1, 0.15) is 6.07 Å². The van der Waals surface area contributed by atoms with E-state index < -0.39 is 5.97 Å². The third-order valence-corrected chi connectivity index (χ3v) is 3.48. The number of nitriles is 1. The van der Waals surface area contributed by atoms with E-state index >= 15 is 0 Å². The van der Waals surface area contributed by atoms with Gasteiger partial charge < -0.3 is 9.47 Å². The molecule has 5 heteroatoms. The summed E-state index contributed by atoms with van der Waals surface area (Å²) in [6.07, 6.45) is 1.75. The van der Waals surface area contributed by atoms with Crippen molar-refractivity contribution in [2.45, 2.75) is 0 Å². The molecule has 0 N–H and O–H groups in total. The molecule has 0 bridgehead atoms. The molecular weight excluding hydrogens is 304 g/mol. The second kappa shape index (κ2) is 6.71. The first-order valence-electron chi connectivity index (χ1n) is 7.26. The van der Waals surface area contributed by atoms with Gasteiger partial charge in [0.2, 0.25) is 5.88 Å². The molecule has 0 aromatic heterocycles. The van der Waals surface area contributed by atoms with Gasteiger partial charge in [-0.05, 0) is 12.1 Å². The van der Waals surface area contributed by atoms with Crippen LogP contribution in [-0.4, -0.2) is 13.1 Å². The van der Waals surface area contributed by atoms with Crippen molar-refractivity contribution in [3.63, 3.8) is 0 Å². The fraction of sp³-hybridized carbons (Fsp3) is 0.0526. The molecule has 118 valence electrons. The van der Waals surface area contributed by atoms with Crippen LogP contribution in [0.3, 0.4) is 0 Å². The van der Waals surface area contributed by atoms with Gasteiger partial charge in [0.15, 0.2) is 11.3 Å². The summed E-state index contributed by atoms with van der Waals surface area (Å²) in [6, 6.07) is 20.7. The van der Waals surface area contributed by atoms with Crippen LogP contribution in [0.4, 0.5) is 5.69 Å². The zero-order valence-electron chi connectivity index (χ0n) is 13.0. The summed E-state index contributed by atoms with van der Waals surface area (Å²) in [5, 5.41) is 9.37. The lowest BCUT2D eigenvalue weighted by atomic mass is 10.2. The van der Waals surface area contributed by atoms with Gasteiger partial charge in [-0.25, -0.2) is 4.79 Å². The van der Waals surface area contributed by atoms with Gasteiger partial charge in [-0.15, -0.1) is 0 Å². The Bertz CT molecular complexity index is 849. The standard InChI is InChI=1S/C19H14N2O3/c1-23-19(22)16(12-20)18-21(15-10-6-3-7-11-15)13-17(24-18)14-8-4-2-5-9-14/h2-11,13H,1H3/b18-16+. The number of para-hydroxylation sites is 1. The van der Waals surface area contributed by atoms with E-state index in [0.29, 0.717) is 5.76 Å². The minimum Gasteiger partial charge on any atom is -0.465 e. The molecule has 0 radical (unpaired) electrons. The molecule has 0 spiro atoms. The normalized spacial score (nSPS) is 15.2. The highest BCUT2D eigenvalue weighted by molar-refractivity contribution is 5.95. The van der Waals surface area contributed by atoms with E-state index in [0.717, 1.165) is 11.3 Å². The number of hydrogen-bond acceptors (Lipinski definition) is 5. The zero-order valence-corrected chi connectivity index (χ0v) is 13.0. The summed E-state index contributed by atoms with van der Waals surface area (Å²) in [4.78, 5) is 13.6. The Morgan fingerprint density at radius 1 is 1.08 bits per heavy atom. The van der Waals surface area contributed by atoms with Crippen LogP contribution in [0.1, 0.15) is 5.56 Å². The average Bonchev–Trinajstić information content (AvgIpc) is 3.08. The Kier molecular flexibility index (Phi) is 4.30. The summed E-state index contributed by atoms with van der Waals surface area (Å²) in [7, 11) is 1.23. The highest BCUT2D eigenvalue weighted by Gasteiger charge is 2.30. The Morgan fingerprint density at radius 3 is 2.29 bits per heavy atom. The van der Waals surface area contributed by atoms with Gasteiger partial charge in [-0.1, -0.05) is 48.5 Å². The molecule has 2 aromatic carbocycles. The van der Waals surface area contributed by atoms with Gasteiger partial charge in [0.25, 0.3) is 0 Å². The van der Waals surface area contributed by atoms with E-state index in [1.165, 1.54) is 7.11 Å². The molecule has 0 unspecified atom stereocenters. The zero-order chi connectivity index (χ0) is 16.9. The molecule has 0 fully saturated rings. The molecule has 1 aliphatic rings. The number of esters is 1. The third kappa shape index (κ3) is 2.85. The second-order valence-corrected chi connectivity index (χ2v) is 4.95. The monoisotopic (exact) mass is 318 g/mol. The number of carbonyl (C=O) groups is 1. The molecule has 3 rings (SSSR count). The van der Waals surface area contributed by atoms with Crippen LogP contribution in [0.5, 0.6) is 0 Å². The van der Waals surface area contributed by atoms with Crippen LogP contribution in [0, 0.1) is 11.3 Å². The van der Waals surface area contributed by atoms with Crippen molar-refractivity contribution in [2.24, 2.45) is 0 Å². The molecule has 1 heterocycles. The predicted molar refractivity (Wildman–Crippen MR) is 89.1 cm³/mol. The molecule has 0 atom stereocenters. The first-order valence-corrected chi connectivity index (χ1v) is 7.26. The smallest absolute Gasteiger partial charge is 0.354 e. The van der Waals surface area contributed by atoms with E-state index in [2.05, 4.69) is 0 Å². The van der Waals surface area contributed by atoms with Crippen molar-refractivity contribution in [3.05, 3.63) is 83.9 Å². The molecular formula is C19H14N2O3. The SMILES string of the molecule is COC(=O)/C(C#N)=C1/OC(c2ccccc2)=CN1c1ccccc1. The quantitative estimate of drug-likeness (QED) is 0.493. The average molecular weight is 318 g/mol. The van der Waals surface area contributed by atoms with Crippen molar-refractivity contribution in [3.8, 4) is 6.07 Å². The molecule has 0 saturated carbocycles. The summed E-state index contributed by atoms with van der Waals surface area (Å²) in [5.41, 5.74) is 1.43. The summed E-state index contributed by atoms with van der Waals surface area (Å²) in [6.45, 7) is 0. The number of hydrogen-bond donors (Lipinski definition) is 0. The van der Waals surface area contributed by atoms with Gasteiger partial charge in [0, 0.05) is 11.3 Å². The molecule has 24 heavy (non-hydrogen) atoms. The van der Waals surface area contributed by atoms with E-state index in [-0.39, 0.29) is 11.5 Å². The molecule has 0 amide bonds. The third-order valence-electron chi connectivity index (χ3n) is 3.48. The first-order chi connectivity index (χ1) is 11.7. The topological polar surface area (TPSA) is 62.6 Å². The van der Waals surface area contributed by atoms with E-state index in [1.54, 1.807) is 11.1 Å². The minimum atomic E-state index is -0.740. The maximum absolute atomic E-state index is 11.9. The van der Waals surface area contributed by atoms with Gasteiger partial charge in [0.05, 0.1) is 13.3 Å². The number of carbonyl (C=O) groups excluding carboxylic acids is 1. The second-order valence-electron chi connectivity index (χ2n) is 4.95. The Balaban J connectivity index is 2.11. The van der Waals surface area contributed by atoms with Gasteiger partial charge >= 0.3 is 5.97 Å². The summed E-state index contributed by atoms with van der Waals surface area (Å²) >= 11 is 0. The highest BCUT2D eigenvalue weighted by atomic mass is 16.5. The number of nitrogens with zero attached hydrogens (tertiary/aromatic N) is 2. The Hall–Kier alpha value is -3.52. The number of ether oxygens (including phenoxy) is 2. The van der Waals surface area contributed by atoms with Crippen LogP contribution in [0.25, 0.3) is 5.76 Å². The number of anilines is 1. The lowest BCUT2D eigenvalue weighted by molar-refractivity contribution is -0.135. The minimum absolute atomic E-state index is 0.134. The number of rotatable bonds is 3. The van der Waals surface area contributed by atoms with Crippen molar-refractivity contribution in [2.75, 3.05) is 12.0 Å². The van der Waals surface area contributed by atoms with Crippen molar-refractivity contribution < 1.29 is 14.3 Å². The number of methoxy groups -OCH3 is 1. The summed E-state index contributed by atoms with van der Waals surface area (Å²) in [5.74, 6) is -0.0587. The van der Waals surface area contributed by atoms with Crippen LogP contribution >= 0.6 is 0 Å². The predicted octanol–water partition coefficient (Wildman–Crippen LogP) is 3.43. The van der Waals surface area contributed by atoms with Crippen molar-refractivity contribution in [1.82, 2.24) is 0 Å². The van der Waals surface area contributed by atoms with Crippen LogP contribution < -0.4 is 4.90 Å². The van der Waals surface area contributed by atoms with Crippen molar-refractivity contribution in [1.29, 1.82) is 5.26 Å². The molecule has 0 aliphatic carbocycles. The lowest BCUT2D eigenvalue weighted by Crippen LogP contribution is -2.17. The lowest BCUT2D eigenvalue weighted by Gasteiger charge is -2.16. The maximum atomic E-state index is 11.9. The fourth-order valence-corrected chi connectivity index (χ4v) is 2.33. The van der Waals surface area contributed by atoms with Crippen LogP contribution in [-0.2, 0) is 14.3 Å².